The molecule has 1 saturated heterocycles. The van der Waals surface area contributed by atoms with Crippen molar-refractivity contribution in [3.05, 3.63) is 23.8 Å². The van der Waals surface area contributed by atoms with Crippen molar-refractivity contribution >= 4 is 23.2 Å². The van der Waals surface area contributed by atoms with Gasteiger partial charge in [-0.3, -0.25) is 9.59 Å². The molecule has 2 rings (SSSR count). The van der Waals surface area contributed by atoms with Crippen molar-refractivity contribution in [2.45, 2.75) is 33.6 Å². The van der Waals surface area contributed by atoms with E-state index in [0.29, 0.717) is 11.6 Å². The summed E-state index contributed by atoms with van der Waals surface area (Å²) in [5, 5.41) is 5.95. The van der Waals surface area contributed by atoms with Crippen LogP contribution in [0.5, 0.6) is 0 Å². The highest BCUT2D eigenvalue weighted by atomic mass is 16.2. The number of likely N-dealkylation sites (tertiary alicyclic amines) is 1. The fraction of sp³-hybridized carbons (Fsp3) is 0.529. The monoisotopic (exact) mass is 303 g/mol. The lowest BCUT2D eigenvalue weighted by molar-refractivity contribution is -0.130. The lowest BCUT2D eigenvalue weighted by atomic mass is 9.99. The van der Waals surface area contributed by atoms with Gasteiger partial charge in [0.05, 0.1) is 17.9 Å². The molecule has 1 aliphatic rings. The molecule has 0 radical (unpaired) electrons. The van der Waals surface area contributed by atoms with Crippen molar-refractivity contribution < 1.29 is 9.59 Å². The van der Waals surface area contributed by atoms with Gasteiger partial charge in [0, 0.05) is 20.0 Å². The first-order valence-electron chi connectivity index (χ1n) is 7.85. The standard InChI is InChI=1S/C17H25N3O2/c1-12-6-8-20(9-7-12)17(22)11-18-16-10-13(2)4-5-15(16)19-14(3)21/h4-5,10,12,18H,6-9,11H2,1-3H3,(H,19,21). The van der Waals surface area contributed by atoms with Crippen molar-refractivity contribution in [2.75, 3.05) is 30.3 Å². The van der Waals surface area contributed by atoms with Gasteiger partial charge in [0.15, 0.2) is 0 Å². The van der Waals surface area contributed by atoms with Crippen LogP contribution in [0.4, 0.5) is 11.4 Å². The Labute approximate surface area is 132 Å². The molecular formula is C17H25N3O2. The van der Waals surface area contributed by atoms with Crippen LogP contribution in [0.2, 0.25) is 0 Å². The number of hydrogen-bond acceptors (Lipinski definition) is 3. The lowest BCUT2D eigenvalue weighted by Crippen LogP contribution is -2.41. The predicted octanol–water partition coefficient (Wildman–Crippen LogP) is 2.62. The summed E-state index contributed by atoms with van der Waals surface area (Å²) < 4.78 is 0. The molecule has 0 spiro atoms. The van der Waals surface area contributed by atoms with E-state index in [0.717, 1.165) is 37.2 Å². The fourth-order valence-electron chi connectivity index (χ4n) is 2.64. The number of hydrogen-bond donors (Lipinski definition) is 2. The topological polar surface area (TPSA) is 61.4 Å². The molecule has 0 aliphatic carbocycles. The summed E-state index contributed by atoms with van der Waals surface area (Å²) in [6, 6.07) is 5.73. The fourth-order valence-corrected chi connectivity index (χ4v) is 2.64. The second-order valence-electron chi connectivity index (χ2n) is 6.15. The van der Waals surface area contributed by atoms with Gasteiger partial charge in [-0.1, -0.05) is 13.0 Å². The third-order valence-corrected chi connectivity index (χ3v) is 4.05. The number of aryl methyl sites for hydroxylation is 1. The summed E-state index contributed by atoms with van der Waals surface area (Å²) in [5.74, 6) is 0.700. The molecule has 1 aromatic rings. The van der Waals surface area contributed by atoms with Crippen LogP contribution < -0.4 is 10.6 Å². The van der Waals surface area contributed by atoms with Crippen molar-refractivity contribution in [1.82, 2.24) is 4.90 Å². The van der Waals surface area contributed by atoms with E-state index in [-0.39, 0.29) is 18.4 Å². The van der Waals surface area contributed by atoms with Crippen LogP contribution in [0.3, 0.4) is 0 Å². The number of nitrogens with one attached hydrogen (secondary N) is 2. The highest BCUT2D eigenvalue weighted by molar-refractivity contribution is 5.93. The summed E-state index contributed by atoms with van der Waals surface area (Å²) in [6.45, 7) is 7.62. The second kappa shape index (κ2) is 7.29. The largest absolute Gasteiger partial charge is 0.374 e. The van der Waals surface area contributed by atoms with Crippen molar-refractivity contribution in [3.8, 4) is 0 Å². The first-order chi connectivity index (χ1) is 10.5. The zero-order valence-corrected chi connectivity index (χ0v) is 13.6. The Balaban J connectivity index is 1.97. The Morgan fingerprint density at radius 1 is 1.23 bits per heavy atom. The lowest BCUT2D eigenvalue weighted by Gasteiger charge is -2.30. The molecule has 1 aromatic carbocycles. The summed E-state index contributed by atoms with van der Waals surface area (Å²) in [5.41, 5.74) is 2.57. The molecule has 1 heterocycles. The van der Waals surface area contributed by atoms with Gasteiger partial charge in [-0.25, -0.2) is 0 Å². The number of carbonyl (C=O) groups excluding carboxylic acids is 2. The minimum atomic E-state index is -0.122. The second-order valence-corrected chi connectivity index (χ2v) is 6.15. The highest BCUT2D eigenvalue weighted by Gasteiger charge is 2.20. The van der Waals surface area contributed by atoms with Crippen LogP contribution >= 0.6 is 0 Å². The number of rotatable bonds is 4. The van der Waals surface area contributed by atoms with Crippen molar-refractivity contribution in [3.63, 3.8) is 0 Å². The van der Waals surface area contributed by atoms with Gasteiger partial charge in [-0.05, 0) is 43.4 Å². The Kier molecular flexibility index (Phi) is 5.41. The minimum Gasteiger partial charge on any atom is -0.374 e. The number of nitrogens with zero attached hydrogens (tertiary/aromatic N) is 1. The van der Waals surface area contributed by atoms with Crippen LogP contribution in [-0.2, 0) is 9.59 Å². The van der Waals surface area contributed by atoms with E-state index in [9.17, 15) is 9.59 Å². The molecule has 22 heavy (non-hydrogen) atoms. The molecule has 1 fully saturated rings. The molecule has 5 heteroatoms. The van der Waals surface area contributed by atoms with E-state index >= 15 is 0 Å². The van der Waals surface area contributed by atoms with Crippen molar-refractivity contribution in [2.24, 2.45) is 5.92 Å². The molecule has 0 unspecified atom stereocenters. The van der Waals surface area contributed by atoms with E-state index in [1.165, 1.54) is 6.92 Å². The van der Waals surface area contributed by atoms with Crippen LogP contribution in [0, 0.1) is 12.8 Å². The number of benzene rings is 1. The van der Waals surface area contributed by atoms with Crippen LogP contribution in [0.25, 0.3) is 0 Å². The number of amides is 2. The predicted molar refractivity (Wildman–Crippen MR) is 89.0 cm³/mol. The summed E-state index contributed by atoms with van der Waals surface area (Å²) in [6.07, 6.45) is 2.15. The van der Waals surface area contributed by atoms with E-state index in [4.69, 9.17) is 0 Å². The zero-order valence-electron chi connectivity index (χ0n) is 13.6. The third-order valence-electron chi connectivity index (χ3n) is 4.05. The normalized spacial score (nSPS) is 15.5. The molecule has 2 amide bonds. The van der Waals surface area contributed by atoms with Crippen LogP contribution in [0.1, 0.15) is 32.3 Å². The van der Waals surface area contributed by atoms with E-state index in [2.05, 4.69) is 17.6 Å². The van der Waals surface area contributed by atoms with E-state index in [1.54, 1.807) is 0 Å². The average Bonchev–Trinajstić information content (AvgIpc) is 2.47. The number of piperidine rings is 1. The van der Waals surface area contributed by atoms with E-state index in [1.807, 2.05) is 30.0 Å². The molecular weight excluding hydrogens is 278 g/mol. The third kappa shape index (κ3) is 4.48. The summed E-state index contributed by atoms with van der Waals surface area (Å²) >= 11 is 0. The van der Waals surface area contributed by atoms with Crippen LogP contribution in [-0.4, -0.2) is 36.3 Å². The first-order valence-corrected chi connectivity index (χ1v) is 7.85. The average molecular weight is 303 g/mol. The molecule has 5 nitrogen and oxygen atoms in total. The Hall–Kier alpha value is -2.04. The molecule has 0 atom stereocenters. The molecule has 120 valence electrons. The van der Waals surface area contributed by atoms with Gasteiger partial charge in [0.25, 0.3) is 0 Å². The van der Waals surface area contributed by atoms with E-state index < -0.39 is 0 Å². The molecule has 1 aliphatic heterocycles. The quantitative estimate of drug-likeness (QED) is 0.899. The maximum absolute atomic E-state index is 12.3. The smallest absolute Gasteiger partial charge is 0.241 e. The zero-order chi connectivity index (χ0) is 16.1. The summed E-state index contributed by atoms with van der Waals surface area (Å²) in [7, 11) is 0. The minimum absolute atomic E-state index is 0.113. The Morgan fingerprint density at radius 2 is 1.91 bits per heavy atom. The highest BCUT2D eigenvalue weighted by Crippen LogP contribution is 2.23. The number of anilines is 2. The Morgan fingerprint density at radius 3 is 2.55 bits per heavy atom. The van der Waals surface area contributed by atoms with Gasteiger partial charge in [-0.15, -0.1) is 0 Å². The maximum Gasteiger partial charge on any atom is 0.241 e. The van der Waals surface area contributed by atoms with Gasteiger partial charge < -0.3 is 15.5 Å². The van der Waals surface area contributed by atoms with Gasteiger partial charge in [-0.2, -0.15) is 0 Å². The molecule has 0 bridgehead atoms. The molecule has 0 saturated carbocycles. The maximum atomic E-state index is 12.3. The first kappa shape index (κ1) is 16.3. The molecule has 2 N–H and O–H groups in total. The SMILES string of the molecule is CC(=O)Nc1ccc(C)cc1NCC(=O)N1CCC(C)CC1. The van der Waals surface area contributed by atoms with Gasteiger partial charge >= 0.3 is 0 Å². The van der Waals surface area contributed by atoms with Crippen LogP contribution in [0.15, 0.2) is 18.2 Å². The van der Waals surface area contributed by atoms with Gasteiger partial charge in [0.2, 0.25) is 11.8 Å². The number of carbonyl (C=O) groups is 2. The van der Waals surface area contributed by atoms with Crippen molar-refractivity contribution in [1.29, 1.82) is 0 Å². The molecule has 0 aromatic heterocycles. The Bertz CT molecular complexity index is 549. The summed E-state index contributed by atoms with van der Waals surface area (Å²) in [4.78, 5) is 25.4. The van der Waals surface area contributed by atoms with Gasteiger partial charge in [0.1, 0.15) is 0 Å².